The molecule has 156 valence electrons. The van der Waals surface area contributed by atoms with Crippen LogP contribution in [0.3, 0.4) is 0 Å². The highest BCUT2D eigenvalue weighted by Crippen LogP contribution is 2.27. The molecule has 2 N–H and O–H groups in total. The van der Waals surface area contributed by atoms with E-state index in [1.165, 1.54) is 25.3 Å². The average molecular weight is 408 g/mol. The van der Waals surface area contributed by atoms with Crippen LogP contribution in [0.1, 0.15) is 29.6 Å². The van der Waals surface area contributed by atoms with E-state index in [1.807, 2.05) is 12.1 Å². The molecule has 30 heavy (non-hydrogen) atoms. The average Bonchev–Trinajstić information content (AvgIpc) is 3.21. The zero-order valence-corrected chi connectivity index (χ0v) is 16.7. The van der Waals surface area contributed by atoms with Gasteiger partial charge in [-0.05, 0) is 56.3 Å². The minimum atomic E-state index is -0.595. The Morgan fingerprint density at radius 1 is 1.10 bits per heavy atom. The lowest BCUT2D eigenvalue weighted by Gasteiger charge is -2.26. The summed E-state index contributed by atoms with van der Waals surface area (Å²) in [6.07, 6.45) is 3.86. The summed E-state index contributed by atoms with van der Waals surface area (Å²) >= 11 is 0. The quantitative estimate of drug-likeness (QED) is 0.610. The minimum absolute atomic E-state index is 0.248. The van der Waals surface area contributed by atoms with Gasteiger partial charge in [0.2, 0.25) is 5.95 Å². The molecule has 3 aromatic rings. The second-order valence-corrected chi connectivity index (χ2v) is 7.38. The molecule has 0 unspecified atom stereocenters. The Morgan fingerprint density at radius 3 is 2.60 bits per heavy atom. The molecule has 0 saturated carbocycles. The number of piperidine rings is 1. The number of nitrogens with one attached hydrogen (secondary N) is 2. The van der Waals surface area contributed by atoms with Crippen LogP contribution < -0.4 is 10.1 Å². The number of aromatic nitrogens is 2. The third kappa shape index (κ3) is 5.04. The SMILES string of the molecule is O=C(Nc1ccccc1-c1cc(F)n[nH]1)c1ccc(OCCN2CCCCC2)cc1. The van der Waals surface area contributed by atoms with E-state index in [9.17, 15) is 9.18 Å². The first-order valence-corrected chi connectivity index (χ1v) is 10.3. The molecule has 0 aliphatic carbocycles. The summed E-state index contributed by atoms with van der Waals surface area (Å²) in [6.45, 7) is 3.86. The number of carbonyl (C=O) groups is 1. The molecule has 1 amide bonds. The van der Waals surface area contributed by atoms with Crippen LogP contribution in [-0.2, 0) is 0 Å². The van der Waals surface area contributed by atoms with E-state index in [0.29, 0.717) is 29.1 Å². The van der Waals surface area contributed by atoms with E-state index in [2.05, 4.69) is 20.4 Å². The second-order valence-electron chi connectivity index (χ2n) is 7.38. The van der Waals surface area contributed by atoms with Crippen molar-refractivity contribution in [3.8, 4) is 17.0 Å². The van der Waals surface area contributed by atoms with Crippen molar-refractivity contribution in [1.82, 2.24) is 15.1 Å². The number of likely N-dealkylation sites (tertiary alicyclic amines) is 1. The number of amides is 1. The van der Waals surface area contributed by atoms with Crippen molar-refractivity contribution in [1.29, 1.82) is 0 Å². The maximum atomic E-state index is 13.3. The number of nitrogens with zero attached hydrogens (tertiary/aromatic N) is 2. The first-order chi connectivity index (χ1) is 14.7. The van der Waals surface area contributed by atoms with Gasteiger partial charge in [0.05, 0.1) is 11.4 Å². The van der Waals surface area contributed by atoms with Crippen LogP contribution in [0, 0.1) is 5.95 Å². The maximum absolute atomic E-state index is 13.3. The maximum Gasteiger partial charge on any atom is 0.255 e. The molecule has 0 atom stereocenters. The zero-order chi connectivity index (χ0) is 20.8. The Kier molecular flexibility index (Phi) is 6.39. The number of aromatic amines is 1. The number of para-hydroxylation sites is 1. The van der Waals surface area contributed by atoms with E-state index in [-0.39, 0.29) is 5.91 Å². The number of hydrogen-bond acceptors (Lipinski definition) is 4. The summed E-state index contributed by atoms with van der Waals surface area (Å²) < 4.78 is 19.1. The second kappa shape index (κ2) is 9.54. The van der Waals surface area contributed by atoms with E-state index in [0.717, 1.165) is 25.4 Å². The number of ether oxygens (including phenoxy) is 1. The van der Waals surface area contributed by atoms with E-state index >= 15 is 0 Å². The third-order valence-corrected chi connectivity index (χ3v) is 5.25. The number of H-pyrrole nitrogens is 1. The standard InChI is InChI=1S/C23H25FN4O2/c24-22-16-21(26-27-22)19-6-2-3-7-20(19)25-23(29)17-8-10-18(11-9-17)30-15-14-28-12-4-1-5-13-28/h2-3,6-11,16H,1,4-5,12-15H2,(H,25,29)(H,26,27). The van der Waals surface area contributed by atoms with E-state index < -0.39 is 5.95 Å². The molecule has 1 aromatic heterocycles. The molecule has 1 aliphatic heterocycles. The fraction of sp³-hybridized carbons (Fsp3) is 0.304. The van der Waals surface area contributed by atoms with Gasteiger partial charge in [-0.3, -0.25) is 14.8 Å². The van der Waals surface area contributed by atoms with Gasteiger partial charge >= 0.3 is 0 Å². The Labute approximate surface area is 175 Å². The summed E-state index contributed by atoms with van der Waals surface area (Å²) in [4.78, 5) is 15.1. The van der Waals surface area contributed by atoms with Gasteiger partial charge in [-0.2, -0.15) is 4.39 Å². The van der Waals surface area contributed by atoms with Crippen LogP contribution >= 0.6 is 0 Å². The van der Waals surface area contributed by atoms with Crippen molar-refractivity contribution < 1.29 is 13.9 Å². The van der Waals surface area contributed by atoms with Crippen LogP contribution in [0.25, 0.3) is 11.3 Å². The molecule has 1 aliphatic rings. The number of benzene rings is 2. The first kappa shape index (κ1) is 20.1. The van der Waals surface area contributed by atoms with Crippen molar-refractivity contribution >= 4 is 11.6 Å². The molecule has 0 bridgehead atoms. The first-order valence-electron chi connectivity index (χ1n) is 10.3. The number of rotatable bonds is 7. The van der Waals surface area contributed by atoms with Crippen molar-refractivity contribution in [2.75, 3.05) is 31.6 Å². The Morgan fingerprint density at radius 2 is 1.87 bits per heavy atom. The smallest absolute Gasteiger partial charge is 0.255 e. The van der Waals surface area contributed by atoms with Crippen LogP contribution in [0.15, 0.2) is 54.6 Å². The summed E-state index contributed by atoms with van der Waals surface area (Å²) in [7, 11) is 0. The third-order valence-electron chi connectivity index (χ3n) is 5.25. The number of carbonyl (C=O) groups excluding carboxylic acids is 1. The number of halogens is 1. The van der Waals surface area contributed by atoms with Crippen molar-refractivity contribution in [3.05, 3.63) is 66.1 Å². The van der Waals surface area contributed by atoms with Gasteiger partial charge in [0.15, 0.2) is 0 Å². The molecule has 2 heterocycles. The van der Waals surface area contributed by atoms with Gasteiger partial charge in [0.25, 0.3) is 5.91 Å². The van der Waals surface area contributed by atoms with Gasteiger partial charge in [0, 0.05) is 23.7 Å². The summed E-state index contributed by atoms with van der Waals surface area (Å²) in [6, 6.07) is 15.6. The highest BCUT2D eigenvalue weighted by atomic mass is 19.1. The lowest BCUT2D eigenvalue weighted by Crippen LogP contribution is -2.33. The monoisotopic (exact) mass is 408 g/mol. The Balaban J connectivity index is 1.35. The van der Waals surface area contributed by atoms with Crippen molar-refractivity contribution in [3.63, 3.8) is 0 Å². The van der Waals surface area contributed by atoms with Crippen molar-refractivity contribution in [2.45, 2.75) is 19.3 Å². The molecular weight excluding hydrogens is 383 g/mol. The van der Waals surface area contributed by atoms with Crippen LogP contribution in [0.2, 0.25) is 0 Å². The largest absolute Gasteiger partial charge is 0.492 e. The topological polar surface area (TPSA) is 70.2 Å². The summed E-state index contributed by atoms with van der Waals surface area (Å²) in [5.41, 5.74) is 2.26. The fourth-order valence-corrected chi connectivity index (χ4v) is 3.63. The summed E-state index contributed by atoms with van der Waals surface area (Å²) in [5, 5.41) is 9.03. The zero-order valence-electron chi connectivity index (χ0n) is 16.7. The minimum Gasteiger partial charge on any atom is -0.492 e. The van der Waals surface area contributed by atoms with Gasteiger partial charge in [-0.25, -0.2) is 0 Å². The molecule has 4 rings (SSSR count). The van der Waals surface area contributed by atoms with Gasteiger partial charge < -0.3 is 10.1 Å². The number of hydrogen-bond donors (Lipinski definition) is 2. The lowest BCUT2D eigenvalue weighted by atomic mass is 10.1. The van der Waals surface area contributed by atoms with Crippen LogP contribution in [0.5, 0.6) is 5.75 Å². The van der Waals surface area contributed by atoms with Crippen LogP contribution in [0.4, 0.5) is 10.1 Å². The molecule has 2 aromatic carbocycles. The molecule has 1 fully saturated rings. The molecule has 7 heteroatoms. The van der Waals surface area contributed by atoms with Crippen molar-refractivity contribution in [2.24, 2.45) is 0 Å². The molecule has 0 spiro atoms. The van der Waals surface area contributed by atoms with Gasteiger partial charge in [-0.1, -0.05) is 24.6 Å². The van der Waals surface area contributed by atoms with Gasteiger partial charge in [0.1, 0.15) is 12.4 Å². The molecule has 1 saturated heterocycles. The fourth-order valence-electron chi connectivity index (χ4n) is 3.63. The normalized spacial score (nSPS) is 14.4. The lowest BCUT2D eigenvalue weighted by molar-refractivity contribution is 0.102. The molecule has 6 nitrogen and oxygen atoms in total. The molecule has 0 radical (unpaired) electrons. The predicted octanol–water partition coefficient (Wildman–Crippen LogP) is 4.33. The predicted molar refractivity (Wildman–Crippen MR) is 114 cm³/mol. The van der Waals surface area contributed by atoms with E-state index in [4.69, 9.17) is 4.74 Å². The number of anilines is 1. The summed E-state index contributed by atoms with van der Waals surface area (Å²) in [5.74, 6) is -0.0961. The Hall–Kier alpha value is -3.19. The molecular formula is C23H25FN4O2. The van der Waals surface area contributed by atoms with Crippen LogP contribution in [-0.4, -0.2) is 47.2 Å². The highest BCUT2D eigenvalue weighted by Gasteiger charge is 2.13. The Bertz CT molecular complexity index is 981. The highest BCUT2D eigenvalue weighted by molar-refractivity contribution is 6.06. The van der Waals surface area contributed by atoms with Gasteiger partial charge in [-0.15, -0.1) is 5.10 Å². The van der Waals surface area contributed by atoms with E-state index in [1.54, 1.807) is 36.4 Å².